The van der Waals surface area contributed by atoms with Crippen molar-refractivity contribution in [2.45, 2.75) is 31.8 Å². The Hall–Kier alpha value is -2.69. The number of nitrogens with two attached hydrogens (primary N) is 1. The van der Waals surface area contributed by atoms with Crippen molar-refractivity contribution in [2.24, 2.45) is 5.92 Å². The van der Waals surface area contributed by atoms with Crippen molar-refractivity contribution >= 4 is 5.82 Å². The normalized spacial score (nSPS) is 19.2. The summed E-state index contributed by atoms with van der Waals surface area (Å²) in [5.41, 5.74) is 9.80. The molecule has 0 amide bonds. The molecule has 4 heteroatoms. The van der Waals surface area contributed by atoms with E-state index in [-0.39, 0.29) is 0 Å². The molecule has 30 heavy (non-hydrogen) atoms. The third-order valence-corrected chi connectivity index (χ3v) is 5.96. The summed E-state index contributed by atoms with van der Waals surface area (Å²) in [6.45, 7) is 4.21. The standard InChI is InChI=1S/C26H32N4/c27-26-15-7-14-24(29-26)17-23-19-30(18-22-11-5-2-6-12-22)20-25(23)28-16-8-13-21-9-3-1-4-10-21/h1-7,9-12,14-15,23,25,28H,8,13,16-20H2,(H2,27,29)/t23?,25-/m1/s1. The quantitative estimate of drug-likeness (QED) is 0.535. The Morgan fingerprint density at radius 3 is 2.33 bits per heavy atom. The van der Waals surface area contributed by atoms with Crippen molar-refractivity contribution < 1.29 is 0 Å². The molecule has 1 aliphatic heterocycles. The summed E-state index contributed by atoms with van der Waals surface area (Å²) in [7, 11) is 0. The zero-order valence-corrected chi connectivity index (χ0v) is 17.6. The molecular weight excluding hydrogens is 368 g/mol. The minimum Gasteiger partial charge on any atom is -0.384 e. The summed E-state index contributed by atoms with van der Waals surface area (Å²) in [6, 6.07) is 28.0. The number of benzene rings is 2. The van der Waals surface area contributed by atoms with Crippen LogP contribution in [-0.2, 0) is 19.4 Å². The predicted molar refractivity (Wildman–Crippen MR) is 124 cm³/mol. The molecule has 4 nitrogen and oxygen atoms in total. The van der Waals surface area contributed by atoms with Crippen LogP contribution in [-0.4, -0.2) is 35.6 Å². The lowest BCUT2D eigenvalue weighted by molar-refractivity contribution is 0.314. The Morgan fingerprint density at radius 2 is 1.60 bits per heavy atom. The number of nitrogens with zero attached hydrogens (tertiary/aromatic N) is 2. The number of hydrogen-bond acceptors (Lipinski definition) is 4. The van der Waals surface area contributed by atoms with Gasteiger partial charge in [0.1, 0.15) is 5.82 Å². The topological polar surface area (TPSA) is 54.2 Å². The van der Waals surface area contributed by atoms with Crippen molar-refractivity contribution in [2.75, 3.05) is 25.4 Å². The van der Waals surface area contributed by atoms with Crippen LogP contribution in [0, 0.1) is 5.92 Å². The van der Waals surface area contributed by atoms with Crippen LogP contribution in [0.15, 0.2) is 78.9 Å². The Labute approximate surface area is 180 Å². The maximum atomic E-state index is 5.91. The van der Waals surface area contributed by atoms with Crippen LogP contribution < -0.4 is 11.1 Å². The number of nitrogens with one attached hydrogen (secondary N) is 1. The Kier molecular flexibility index (Phi) is 7.11. The summed E-state index contributed by atoms with van der Waals surface area (Å²) >= 11 is 0. The molecule has 1 aromatic heterocycles. The van der Waals surface area contributed by atoms with Crippen LogP contribution in [0.4, 0.5) is 5.82 Å². The molecular formula is C26H32N4. The first-order valence-corrected chi connectivity index (χ1v) is 11.0. The fourth-order valence-corrected chi connectivity index (χ4v) is 4.47. The van der Waals surface area contributed by atoms with E-state index in [1.807, 2.05) is 12.1 Å². The van der Waals surface area contributed by atoms with Crippen molar-refractivity contribution in [1.29, 1.82) is 0 Å². The van der Waals surface area contributed by atoms with Gasteiger partial charge in [-0.15, -0.1) is 0 Å². The van der Waals surface area contributed by atoms with E-state index in [4.69, 9.17) is 5.73 Å². The van der Waals surface area contributed by atoms with Gasteiger partial charge in [0, 0.05) is 31.4 Å². The molecule has 1 fully saturated rings. The van der Waals surface area contributed by atoms with Crippen LogP contribution in [0.2, 0.25) is 0 Å². The molecule has 2 aromatic carbocycles. The molecule has 3 N–H and O–H groups in total. The first-order valence-electron chi connectivity index (χ1n) is 11.0. The summed E-state index contributed by atoms with van der Waals surface area (Å²) in [5.74, 6) is 1.15. The maximum absolute atomic E-state index is 5.91. The monoisotopic (exact) mass is 400 g/mol. The molecule has 0 radical (unpaired) electrons. The van der Waals surface area contributed by atoms with E-state index in [9.17, 15) is 0 Å². The minimum atomic E-state index is 0.479. The average molecular weight is 401 g/mol. The highest BCUT2D eigenvalue weighted by Crippen LogP contribution is 2.23. The summed E-state index contributed by atoms with van der Waals surface area (Å²) in [6.07, 6.45) is 3.24. The van der Waals surface area contributed by atoms with Gasteiger partial charge in [-0.3, -0.25) is 4.90 Å². The zero-order valence-electron chi connectivity index (χ0n) is 17.6. The second kappa shape index (κ2) is 10.4. The molecule has 1 unspecified atom stereocenters. The number of nitrogen functional groups attached to an aromatic ring is 1. The van der Waals surface area contributed by atoms with E-state index < -0.39 is 0 Å². The second-order valence-corrected chi connectivity index (χ2v) is 8.35. The van der Waals surface area contributed by atoms with Gasteiger partial charge in [-0.05, 0) is 55.0 Å². The van der Waals surface area contributed by atoms with Crippen LogP contribution in [0.3, 0.4) is 0 Å². The van der Waals surface area contributed by atoms with Crippen LogP contribution in [0.1, 0.15) is 23.2 Å². The van der Waals surface area contributed by atoms with E-state index in [0.29, 0.717) is 17.8 Å². The largest absolute Gasteiger partial charge is 0.384 e. The van der Waals surface area contributed by atoms with Crippen molar-refractivity contribution in [3.63, 3.8) is 0 Å². The maximum Gasteiger partial charge on any atom is 0.123 e. The molecule has 3 aromatic rings. The van der Waals surface area contributed by atoms with Gasteiger partial charge in [0.15, 0.2) is 0 Å². The summed E-state index contributed by atoms with van der Waals surface area (Å²) in [5, 5.41) is 3.85. The predicted octanol–water partition coefficient (Wildman–Crippen LogP) is 3.93. The third kappa shape index (κ3) is 5.91. The number of anilines is 1. The van der Waals surface area contributed by atoms with Crippen molar-refractivity contribution in [3.8, 4) is 0 Å². The fraction of sp³-hybridized carbons (Fsp3) is 0.346. The Morgan fingerprint density at radius 1 is 0.867 bits per heavy atom. The van der Waals surface area contributed by atoms with E-state index in [0.717, 1.165) is 51.1 Å². The number of aromatic nitrogens is 1. The number of rotatable bonds is 9. The van der Waals surface area contributed by atoms with Crippen LogP contribution >= 0.6 is 0 Å². The highest BCUT2D eigenvalue weighted by Gasteiger charge is 2.32. The fourth-order valence-electron chi connectivity index (χ4n) is 4.47. The summed E-state index contributed by atoms with van der Waals surface area (Å²) < 4.78 is 0. The highest BCUT2D eigenvalue weighted by atomic mass is 15.2. The smallest absolute Gasteiger partial charge is 0.123 e. The lowest BCUT2D eigenvalue weighted by Gasteiger charge is -2.20. The number of hydrogen-bond donors (Lipinski definition) is 2. The van der Waals surface area contributed by atoms with E-state index in [2.05, 4.69) is 81.9 Å². The molecule has 0 spiro atoms. The Bertz CT molecular complexity index is 897. The average Bonchev–Trinajstić information content (AvgIpc) is 3.13. The zero-order chi connectivity index (χ0) is 20.6. The van der Waals surface area contributed by atoms with Crippen LogP contribution in [0.5, 0.6) is 0 Å². The molecule has 156 valence electrons. The van der Waals surface area contributed by atoms with Gasteiger partial charge < -0.3 is 11.1 Å². The molecule has 0 saturated carbocycles. The molecule has 0 bridgehead atoms. The molecule has 1 aliphatic rings. The lowest BCUT2D eigenvalue weighted by Crippen LogP contribution is -2.38. The van der Waals surface area contributed by atoms with Gasteiger partial charge in [0.05, 0.1) is 0 Å². The minimum absolute atomic E-state index is 0.479. The highest BCUT2D eigenvalue weighted by molar-refractivity contribution is 5.29. The first-order chi connectivity index (χ1) is 14.8. The van der Waals surface area contributed by atoms with Crippen molar-refractivity contribution in [3.05, 3.63) is 95.7 Å². The van der Waals surface area contributed by atoms with Gasteiger partial charge in [-0.25, -0.2) is 4.98 Å². The van der Waals surface area contributed by atoms with E-state index in [1.54, 1.807) is 0 Å². The first kappa shape index (κ1) is 20.6. The third-order valence-electron chi connectivity index (χ3n) is 5.96. The number of aryl methyl sites for hydroxylation is 1. The molecule has 2 atom stereocenters. The van der Waals surface area contributed by atoms with Gasteiger partial charge in [-0.2, -0.15) is 0 Å². The molecule has 2 heterocycles. The SMILES string of the molecule is Nc1cccc(CC2CN(Cc3ccccc3)C[C@H]2NCCCc2ccccc2)n1. The van der Waals surface area contributed by atoms with E-state index >= 15 is 0 Å². The van der Waals surface area contributed by atoms with Crippen molar-refractivity contribution in [1.82, 2.24) is 15.2 Å². The van der Waals surface area contributed by atoms with Gasteiger partial charge in [0.25, 0.3) is 0 Å². The number of pyridine rings is 1. The van der Waals surface area contributed by atoms with E-state index in [1.165, 1.54) is 11.1 Å². The lowest BCUT2D eigenvalue weighted by atomic mass is 9.97. The second-order valence-electron chi connectivity index (χ2n) is 8.35. The molecule has 4 rings (SSSR count). The van der Waals surface area contributed by atoms with Gasteiger partial charge >= 0.3 is 0 Å². The number of likely N-dealkylation sites (tertiary alicyclic amines) is 1. The summed E-state index contributed by atoms with van der Waals surface area (Å²) in [4.78, 5) is 7.12. The molecule has 0 aliphatic carbocycles. The van der Waals surface area contributed by atoms with Gasteiger partial charge in [0.2, 0.25) is 0 Å². The van der Waals surface area contributed by atoms with Crippen LogP contribution in [0.25, 0.3) is 0 Å². The van der Waals surface area contributed by atoms with Gasteiger partial charge in [-0.1, -0.05) is 66.7 Å². The Balaban J connectivity index is 1.35. The molecule has 1 saturated heterocycles.